The maximum absolute atomic E-state index is 5.64. The zero-order chi connectivity index (χ0) is 21.6. The molecule has 6 heteroatoms. The Morgan fingerprint density at radius 1 is 1.16 bits per heavy atom. The van der Waals surface area contributed by atoms with Crippen LogP contribution >= 0.6 is 0 Å². The first kappa shape index (κ1) is 21.2. The zero-order valence-corrected chi connectivity index (χ0v) is 19.5. The first-order valence-corrected chi connectivity index (χ1v) is 12.4. The Morgan fingerprint density at radius 3 is 2.84 bits per heavy atom. The van der Waals surface area contributed by atoms with Crippen LogP contribution < -0.4 is 5.73 Å². The van der Waals surface area contributed by atoms with Gasteiger partial charge in [-0.25, -0.2) is 4.68 Å². The highest BCUT2D eigenvalue weighted by Gasteiger charge is 2.57. The zero-order valence-electron chi connectivity index (χ0n) is 19.5. The van der Waals surface area contributed by atoms with Gasteiger partial charge < -0.3 is 10.6 Å². The van der Waals surface area contributed by atoms with Gasteiger partial charge >= 0.3 is 0 Å². The summed E-state index contributed by atoms with van der Waals surface area (Å²) in [5.74, 6) is 3.66. The van der Waals surface area contributed by atoms with Gasteiger partial charge in [0.05, 0.1) is 18.0 Å². The number of oxime groups is 1. The molecule has 0 amide bonds. The van der Waals surface area contributed by atoms with E-state index in [1.165, 1.54) is 44.9 Å². The largest absolute Gasteiger partial charge is 0.394 e. The highest BCUT2D eigenvalue weighted by Crippen LogP contribution is 2.66. The smallest absolute Gasteiger partial charge is 0.136 e. The third kappa shape index (κ3) is 3.55. The van der Waals surface area contributed by atoms with Crippen LogP contribution in [0.15, 0.2) is 23.0 Å². The van der Waals surface area contributed by atoms with Crippen LogP contribution in [0.2, 0.25) is 0 Å². The number of aromatic nitrogens is 3. The van der Waals surface area contributed by atoms with Crippen molar-refractivity contribution in [2.75, 3.05) is 6.61 Å². The average Bonchev–Trinajstić information content (AvgIpc) is 3.35. The first-order chi connectivity index (χ1) is 14.9. The Balaban J connectivity index is 1.24. The molecule has 4 aliphatic carbocycles. The lowest BCUT2D eigenvalue weighted by Gasteiger charge is -2.58. The molecule has 2 N–H and O–H groups in total. The normalized spacial score (nSPS) is 40.8. The molecule has 3 unspecified atom stereocenters. The number of nitrogens with zero attached hydrogens (tertiary/aromatic N) is 4. The van der Waals surface area contributed by atoms with Gasteiger partial charge in [-0.2, -0.15) is 0 Å². The molecule has 1 heterocycles. The van der Waals surface area contributed by atoms with E-state index in [4.69, 9.17) is 10.6 Å². The van der Waals surface area contributed by atoms with Crippen LogP contribution in [0.4, 0.5) is 0 Å². The van der Waals surface area contributed by atoms with E-state index in [-0.39, 0.29) is 0 Å². The Labute approximate surface area is 186 Å². The minimum absolute atomic E-state index is 0.369. The molecule has 6 nitrogen and oxygen atoms in total. The number of allylic oxidation sites excluding steroid dienone is 2. The molecule has 0 aliphatic heterocycles. The second-order valence-electron chi connectivity index (χ2n) is 11.1. The van der Waals surface area contributed by atoms with Gasteiger partial charge in [-0.15, -0.1) is 5.10 Å². The third-order valence-electron chi connectivity index (χ3n) is 9.84. The molecule has 0 aromatic carbocycles. The van der Waals surface area contributed by atoms with Crippen LogP contribution in [-0.4, -0.2) is 27.3 Å². The van der Waals surface area contributed by atoms with Crippen molar-refractivity contribution in [2.45, 2.75) is 85.2 Å². The average molecular weight is 426 g/mol. The van der Waals surface area contributed by atoms with Gasteiger partial charge in [-0.05, 0) is 91.9 Å². The molecule has 1 aromatic heterocycles. The Morgan fingerprint density at radius 2 is 2.03 bits per heavy atom. The highest BCUT2D eigenvalue weighted by molar-refractivity contribution is 5.96. The Bertz CT molecular complexity index is 875. The van der Waals surface area contributed by atoms with Gasteiger partial charge in [-0.1, -0.05) is 36.7 Å². The minimum Gasteiger partial charge on any atom is -0.394 e. The van der Waals surface area contributed by atoms with Crippen LogP contribution in [0, 0.1) is 34.5 Å². The van der Waals surface area contributed by atoms with Gasteiger partial charge in [-0.3, -0.25) is 0 Å². The molecule has 0 spiro atoms. The van der Waals surface area contributed by atoms with Crippen LogP contribution in [0.5, 0.6) is 0 Å². The van der Waals surface area contributed by atoms with E-state index < -0.39 is 0 Å². The van der Waals surface area contributed by atoms with E-state index in [0.717, 1.165) is 41.5 Å². The molecule has 0 radical (unpaired) electrons. The number of nitrogens with two attached hydrogens (primary N) is 1. The first-order valence-electron chi connectivity index (χ1n) is 12.4. The summed E-state index contributed by atoms with van der Waals surface area (Å²) in [5.41, 5.74) is 10.1. The molecule has 4 aliphatic rings. The van der Waals surface area contributed by atoms with E-state index in [1.807, 2.05) is 6.20 Å². The molecule has 0 saturated heterocycles. The second-order valence-corrected chi connectivity index (χ2v) is 11.1. The molecule has 6 atom stereocenters. The third-order valence-corrected chi connectivity index (χ3v) is 9.84. The summed E-state index contributed by atoms with van der Waals surface area (Å²) >= 11 is 0. The summed E-state index contributed by atoms with van der Waals surface area (Å²) in [6.07, 6.45) is 14.9. The quantitative estimate of drug-likeness (QED) is 0.547. The predicted octanol–water partition coefficient (Wildman–Crippen LogP) is 4.71. The standard InChI is InChI=1S/C25H39N5O/c1-17-4-7-22-21-6-5-18-14-19(28-31-13-12-30-16-20(15-26)27-29-30)8-10-25(18,3)23(21)9-11-24(17,22)2/h14,16-17,21-23H,4-13,15,26H2,1-3H3/t17-,21?,22?,23?,24+,25-/m0/s1. The van der Waals surface area contributed by atoms with E-state index >= 15 is 0 Å². The number of fused-ring (bicyclic) bond motifs is 5. The molecule has 5 rings (SSSR count). The van der Waals surface area contributed by atoms with Crippen molar-refractivity contribution in [3.63, 3.8) is 0 Å². The predicted molar refractivity (Wildman–Crippen MR) is 122 cm³/mol. The Kier molecular flexibility index (Phi) is 5.48. The molecule has 31 heavy (non-hydrogen) atoms. The SMILES string of the molecule is C[C@H]1CCC2C3CCC4=CC(=NOCCn5cc(CN)nn5)CC[C@]4(C)C3CC[C@@]21C. The maximum Gasteiger partial charge on any atom is 0.136 e. The van der Waals surface area contributed by atoms with Gasteiger partial charge in [0.25, 0.3) is 0 Å². The van der Waals surface area contributed by atoms with Crippen LogP contribution in [0.25, 0.3) is 0 Å². The number of rotatable bonds is 5. The van der Waals surface area contributed by atoms with E-state index in [0.29, 0.717) is 30.5 Å². The van der Waals surface area contributed by atoms with Crippen molar-refractivity contribution in [2.24, 2.45) is 45.4 Å². The highest BCUT2D eigenvalue weighted by atomic mass is 16.6. The molecule has 3 saturated carbocycles. The molecular formula is C25H39N5O. The monoisotopic (exact) mass is 425 g/mol. The molecular weight excluding hydrogens is 386 g/mol. The van der Waals surface area contributed by atoms with E-state index in [9.17, 15) is 0 Å². The second kappa shape index (κ2) is 8.02. The van der Waals surface area contributed by atoms with Crippen molar-refractivity contribution in [3.05, 3.63) is 23.5 Å². The maximum atomic E-state index is 5.64. The lowest BCUT2D eigenvalue weighted by atomic mass is 9.47. The summed E-state index contributed by atoms with van der Waals surface area (Å²) in [6, 6.07) is 0. The van der Waals surface area contributed by atoms with Gasteiger partial charge in [0, 0.05) is 12.7 Å². The van der Waals surface area contributed by atoms with E-state index in [1.54, 1.807) is 10.3 Å². The summed E-state index contributed by atoms with van der Waals surface area (Å²) in [7, 11) is 0. The molecule has 0 bridgehead atoms. The lowest BCUT2D eigenvalue weighted by Crippen LogP contribution is -2.50. The Hall–Kier alpha value is -1.69. The van der Waals surface area contributed by atoms with Crippen LogP contribution in [0.1, 0.15) is 77.8 Å². The fraction of sp³-hybridized carbons (Fsp3) is 0.800. The number of hydrogen-bond acceptors (Lipinski definition) is 5. The molecule has 170 valence electrons. The van der Waals surface area contributed by atoms with Crippen LogP contribution in [-0.2, 0) is 17.9 Å². The van der Waals surface area contributed by atoms with Gasteiger partial charge in [0.15, 0.2) is 0 Å². The molecule has 1 aromatic rings. The van der Waals surface area contributed by atoms with Crippen molar-refractivity contribution in [3.8, 4) is 0 Å². The fourth-order valence-electron chi connectivity index (χ4n) is 7.71. The summed E-state index contributed by atoms with van der Waals surface area (Å²) < 4.78 is 1.76. The topological polar surface area (TPSA) is 78.3 Å². The summed E-state index contributed by atoms with van der Waals surface area (Å²) in [4.78, 5) is 5.64. The van der Waals surface area contributed by atoms with Crippen molar-refractivity contribution in [1.82, 2.24) is 15.0 Å². The van der Waals surface area contributed by atoms with Crippen molar-refractivity contribution >= 4 is 5.71 Å². The van der Waals surface area contributed by atoms with Crippen LogP contribution in [0.3, 0.4) is 0 Å². The van der Waals surface area contributed by atoms with Gasteiger partial charge in [0.1, 0.15) is 6.61 Å². The summed E-state index contributed by atoms with van der Waals surface area (Å²) in [6.45, 7) is 9.24. The minimum atomic E-state index is 0.369. The van der Waals surface area contributed by atoms with E-state index in [2.05, 4.69) is 42.3 Å². The van der Waals surface area contributed by atoms with Crippen molar-refractivity contribution in [1.29, 1.82) is 0 Å². The van der Waals surface area contributed by atoms with Crippen molar-refractivity contribution < 1.29 is 4.84 Å². The lowest BCUT2D eigenvalue weighted by molar-refractivity contribution is -0.0465. The number of hydrogen-bond donors (Lipinski definition) is 1. The fourth-order valence-corrected chi connectivity index (χ4v) is 7.71. The van der Waals surface area contributed by atoms with Gasteiger partial charge in [0.2, 0.25) is 0 Å². The summed E-state index contributed by atoms with van der Waals surface area (Å²) in [5, 5.41) is 12.5. The molecule has 3 fully saturated rings.